The van der Waals surface area contributed by atoms with Gasteiger partial charge in [0.25, 0.3) is 0 Å². The highest BCUT2D eigenvalue weighted by Gasteiger charge is 2.36. The highest BCUT2D eigenvalue weighted by molar-refractivity contribution is 6.12. The Kier molecular flexibility index (Phi) is 8.01. The number of aliphatic imine (C=N–C) groups is 1. The highest BCUT2D eigenvalue weighted by atomic mass is 15.0. The predicted molar refractivity (Wildman–Crippen MR) is 245 cm³/mol. The lowest BCUT2D eigenvalue weighted by Gasteiger charge is -2.22. The second-order valence-electron chi connectivity index (χ2n) is 16.2. The number of fused-ring (bicyclic) bond motifs is 7. The summed E-state index contributed by atoms with van der Waals surface area (Å²) in [6.07, 6.45) is 4.12. The number of para-hydroxylation sites is 2. The molecule has 0 atom stereocenters. The van der Waals surface area contributed by atoms with Gasteiger partial charge in [-0.25, -0.2) is 0 Å². The third-order valence-corrected chi connectivity index (χ3v) is 12.5. The smallest absolute Gasteiger partial charge is 0.0711 e. The van der Waals surface area contributed by atoms with Crippen molar-refractivity contribution in [2.45, 2.75) is 32.1 Å². The first kappa shape index (κ1) is 34.2. The molecule has 0 spiro atoms. The number of benzene rings is 8. The summed E-state index contributed by atoms with van der Waals surface area (Å²) in [5.41, 5.74) is 20.6. The van der Waals surface area contributed by atoms with Gasteiger partial charge in [0.05, 0.1) is 16.7 Å². The van der Waals surface area contributed by atoms with Crippen molar-refractivity contribution in [3.8, 4) is 39.1 Å². The monoisotopic (exact) mass is 742 g/mol. The Morgan fingerprint density at radius 1 is 0.448 bits per heavy atom. The van der Waals surface area contributed by atoms with Gasteiger partial charge in [-0.15, -0.1) is 0 Å². The van der Waals surface area contributed by atoms with Crippen LogP contribution >= 0.6 is 0 Å². The Hall–Kier alpha value is -7.03. The average Bonchev–Trinajstić information content (AvgIpc) is 3.71. The van der Waals surface area contributed by atoms with Crippen LogP contribution < -0.4 is 0 Å². The average molecular weight is 743 g/mol. The number of aromatic nitrogens is 1. The van der Waals surface area contributed by atoms with Crippen LogP contribution in [0.15, 0.2) is 199 Å². The Labute approximate surface area is 340 Å². The summed E-state index contributed by atoms with van der Waals surface area (Å²) in [7, 11) is 0. The van der Waals surface area contributed by atoms with Crippen LogP contribution in [-0.4, -0.2) is 10.3 Å². The van der Waals surface area contributed by atoms with E-state index < -0.39 is 0 Å². The van der Waals surface area contributed by atoms with Crippen molar-refractivity contribution < 1.29 is 0 Å². The molecule has 0 saturated heterocycles. The number of allylic oxidation sites excluding steroid dienone is 1. The summed E-state index contributed by atoms with van der Waals surface area (Å²) in [4.78, 5) is 5.55. The molecule has 0 saturated carbocycles. The normalized spacial score (nSPS) is 15.1. The largest absolute Gasteiger partial charge is 0.309 e. The summed E-state index contributed by atoms with van der Waals surface area (Å²) in [5, 5.41) is 2.54. The number of rotatable bonds is 5. The van der Waals surface area contributed by atoms with E-state index in [-0.39, 0.29) is 5.41 Å². The van der Waals surface area contributed by atoms with E-state index in [4.69, 9.17) is 4.99 Å². The second-order valence-corrected chi connectivity index (χ2v) is 16.2. The molecule has 2 aliphatic rings. The molecule has 2 heteroatoms. The van der Waals surface area contributed by atoms with Crippen molar-refractivity contribution in [3.63, 3.8) is 0 Å². The molecule has 8 aromatic carbocycles. The summed E-state index contributed by atoms with van der Waals surface area (Å²) in [5.74, 6) is 0. The van der Waals surface area contributed by atoms with Gasteiger partial charge in [0.15, 0.2) is 0 Å². The third-order valence-electron chi connectivity index (χ3n) is 12.5. The molecule has 58 heavy (non-hydrogen) atoms. The van der Waals surface area contributed by atoms with Gasteiger partial charge in [0.2, 0.25) is 0 Å². The molecule has 1 aliphatic carbocycles. The van der Waals surface area contributed by atoms with Gasteiger partial charge in [0.1, 0.15) is 0 Å². The summed E-state index contributed by atoms with van der Waals surface area (Å²) in [6, 6.07) is 68.9. The molecule has 0 bridgehead atoms. The molecular formula is C56H42N2. The van der Waals surface area contributed by atoms with E-state index in [2.05, 4.69) is 213 Å². The standard InChI is InChI=1S/C56H42N2/c1-56(2)50-24-12-9-20-45(50)48-35-49-47-22-11-14-27-54(47)58(55(49)36-51(48)56)43-33-41(38-18-7-4-8-19-38)32-42(34-43)52-26-15-23-44(46-21-10-13-25-53(46)57-52)40-30-28-39(29-31-40)37-16-5-3-6-17-37/h3-14,16-25,27-36H,15,26H2,1-2H3/b44-23-,57-52?. The number of hydrogen-bond donors (Lipinski definition) is 0. The van der Waals surface area contributed by atoms with E-state index in [1.54, 1.807) is 0 Å². The molecule has 9 aromatic rings. The van der Waals surface area contributed by atoms with Crippen molar-refractivity contribution >= 4 is 38.8 Å². The molecule has 2 nitrogen and oxygen atoms in total. The summed E-state index contributed by atoms with van der Waals surface area (Å²) in [6.45, 7) is 4.74. The number of hydrogen-bond acceptors (Lipinski definition) is 1. The van der Waals surface area contributed by atoms with E-state index in [9.17, 15) is 0 Å². The Bertz CT molecular complexity index is 3110. The van der Waals surface area contributed by atoms with Gasteiger partial charge in [-0.05, 0) is 117 Å². The summed E-state index contributed by atoms with van der Waals surface area (Å²) < 4.78 is 2.49. The molecule has 0 unspecified atom stereocenters. The van der Waals surface area contributed by atoms with E-state index in [1.165, 1.54) is 77.5 Å². The maximum Gasteiger partial charge on any atom is 0.0711 e. The van der Waals surface area contributed by atoms with Gasteiger partial charge < -0.3 is 4.57 Å². The van der Waals surface area contributed by atoms with Crippen LogP contribution in [0.4, 0.5) is 5.69 Å². The van der Waals surface area contributed by atoms with Crippen LogP contribution in [0.25, 0.3) is 66.4 Å². The first-order chi connectivity index (χ1) is 28.5. The summed E-state index contributed by atoms with van der Waals surface area (Å²) >= 11 is 0. The fourth-order valence-electron chi connectivity index (χ4n) is 9.56. The van der Waals surface area contributed by atoms with Gasteiger partial charge in [-0.2, -0.15) is 0 Å². The Morgan fingerprint density at radius 2 is 1.07 bits per heavy atom. The topological polar surface area (TPSA) is 17.3 Å². The van der Waals surface area contributed by atoms with Crippen molar-refractivity contribution in [2.24, 2.45) is 4.99 Å². The molecule has 11 rings (SSSR count). The minimum absolute atomic E-state index is 0.101. The Morgan fingerprint density at radius 3 is 1.86 bits per heavy atom. The van der Waals surface area contributed by atoms with Gasteiger partial charge in [0, 0.05) is 33.1 Å². The quantitative estimate of drug-likeness (QED) is 0.167. The molecular weight excluding hydrogens is 701 g/mol. The maximum atomic E-state index is 5.55. The van der Waals surface area contributed by atoms with E-state index in [0.717, 1.165) is 41.1 Å². The van der Waals surface area contributed by atoms with Gasteiger partial charge in [-0.3, -0.25) is 4.99 Å². The fourth-order valence-corrected chi connectivity index (χ4v) is 9.56. The molecule has 2 heterocycles. The van der Waals surface area contributed by atoms with Crippen LogP contribution in [0.2, 0.25) is 0 Å². The first-order valence-corrected chi connectivity index (χ1v) is 20.4. The third kappa shape index (κ3) is 5.59. The van der Waals surface area contributed by atoms with E-state index in [0.29, 0.717) is 0 Å². The highest BCUT2D eigenvalue weighted by Crippen LogP contribution is 2.51. The lowest BCUT2D eigenvalue weighted by molar-refractivity contribution is 0.661. The van der Waals surface area contributed by atoms with E-state index in [1.807, 2.05) is 0 Å². The molecule has 276 valence electrons. The van der Waals surface area contributed by atoms with Crippen LogP contribution in [-0.2, 0) is 5.41 Å². The zero-order valence-corrected chi connectivity index (χ0v) is 32.8. The molecule has 0 N–H and O–H groups in total. The van der Waals surface area contributed by atoms with Crippen molar-refractivity contribution in [1.29, 1.82) is 0 Å². The van der Waals surface area contributed by atoms with Crippen molar-refractivity contribution in [2.75, 3.05) is 0 Å². The molecule has 0 amide bonds. The molecule has 1 aliphatic heterocycles. The molecule has 0 fully saturated rings. The minimum atomic E-state index is -0.101. The maximum absolute atomic E-state index is 5.55. The fraction of sp³-hybridized carbons (Fsp3) is 0.0893. The van der Waals surface area contributed by atoms with Crippen molar-refractivity contribution in [3.05, 3.63) is 222 Å². The van der Waals surface area contributed by atoms with E-state index >= 15 is 0 Å². The minimum Gasteiger partial charge on any atom is -0.309 e. The van der Waals surface area contributed by atoms with Crippen LogP contribution in [0.1, 0.15) is 54.5 Å². The van der Waals surface area contributed by atoms with Crippen LogP contribution in [0, 0.1) is 0 Å². The predicted octanol–water partition coefficient (Wildman–Crippen LogP) is 14.8. The zero-order chi connectivity index (χ0) is 38.8. The lowest BCUT2D eigenvalue weighted by Crippen LogP contribution is -2.15. The number of nitrogens with zero attached hydrogens (tertiary/aromatic N) is 2. The Balaban J connectivity index is 1.08. The lowest BCUT2D eigenvalue weighted by atomic mass is 9.82. The second kappa shape index (κ2) is 13.6. The van der Waals surface area contributed by atoms with Crippen molar-refractivity contribution in [1.82, 2.24) is 4.57 Å². The van der Waals surface area contributed by atoms with Gasteiger partial charge in [-0.1, -0.05) is 166 Å². The van der Waals surface area contributed by atoms with Crippen LogP contribution in [0.5, 0.6) is 0 Å². The van der Waals surface area contributed by atoms with Gasteiger partial charge >= 0.3 is 0 Å². The zero-order valence-electron chi connectivity index (χ0n) is 32.8. The SMILES string of the molecule is CC1(C)c2ccccc2-c2cc3c4ccccc4n(-c4cc(C5=Nc6ccccc6/C(c6ccc(-c7ccccc7)cc6)=C\CC5)cc(-c5ccccc5)c4)c3cc21. The molecule has 0 radical (unpaired) electrons. The first-order valence-electron chi connectivity index (χ1n) is 20.4. The molecule has 1 aromatic heterocycles. The van der Waals surface area contributed by atoms with Crippen LogP contribution in [0.3, 0.4) is 0 Å².